The number of ether oxygens (including phenoxy) is 1. The molecule has 0 aromatic carbocycles. The molecule has 1 aromatic rings. The van der Waals surface area contributed by atoms with Gasteiger partial charge in [0.1, 0.15) is 5.78 Å². The largest absolute Gasteiger partial charge is 0.474 e. The Kier molecular flexibility index (Phi) is 4.95. The van der Waals surface area contributed by atoms with Crippen LogP contribution in [0.4, 0.5) is 5.82 Å². The molecule has 7 nitrogen and oxygen atoms in total. The monoisotopic (exact) mass is 384 g/mol. The van der Waals surface area contributed by atoms with Crippen molar-refractivity contribution in [2.75, 3.05) is 24.5 Å². The van der Waals surface area contributed by atoms with Crippen LogP contribution in [0.5, 0.6) is 5.88 Å². The van der Waals surface area contributed by atoms with E-state index in [1.165, 1.54) is 0 Å². The molecule has 7 heteroatoms. The van der Waals surface area contributed by atoms with E-state index in [0.29, 0.717) is 24.8 Å². The lowest BCUT2D eigenvalue weighted by molar-refractivity contribution is -0.122. The van der Waals surface area contributed by atoms with Crippen LogP contribution in [0.3, 0.4) is 0 Å². The summed E-state index contributed by atoms with van der Waals surface area (Å²) in [6, 6.07) is 3.82. The summed E-state index contributed by atoms with van der Waals surface area (Å²) in [7, 11) is 0. The van der Waals surface area contributed by atoms with Crippen molar-refractivity contribution in [2.45, 2.75) is 58.2 Å². The zero-order valence-corrected chi connectivity index (χ0v) is 16.8. The molecule has 150 valence electrons. The van der Waals surface area contributed by atoms with Crippen molar-refractivity contribution in [1.29, 1.82) is 0 Å². The fraction of sp³-hybridized carbons (Fsp3) is 0.619. The number of nitrogens with zero attached hydrogens (tertiary/aromatic N) is 4. The summed E-state index contributed by atoms with van der Waals surface area (Å²) in [5, 5.41) is 19.3. The molecule has 1 aromatic heterocycles. The van der Waals surface area contributed by atoms with Gasteiger partial charge in [0.25, 0.3) is 0 Å². The Morgan fingerprint density at radius 1 is 1.25 bits per heavy atom. The topological polar surface area (TPSA) is 87.9 Å². The number of piperidine rings is 1. The van der Waals surface area contributed by atoms with Gasteiger partial charge in [-0.25, -0.2) is 0 Å². The summed E-state index contributed by atoms with van der Waals surface area (Å²) in [6.07, 6.45) is 2.62. The summed E-state index contributed by atoms with van der Waals surface area (Å²) in [5.41, 5.74) is 1.92. The Balaban J connectivity index is 1.41. The number of hydrogen-bond acceptors (Lipinski definition) is 7. The van der Waals surface area contributed by atoms with E-state index in [-0.39, 0.29) is 18.3 Å². The molecule has 3 aliphatic rings. The smallest absolute Gasteiger partial charge is 0.233 e. The van der Waals surface area contributed by atoms with Gasteiger partial charge in [-0.1, -0.05) is 0 Å². The second kappa shape index (κ2) is 7.28. The number of rotatable bonds is 4. The minimum absolute atomic E-state index is 0.0783. The number of aromatic nitrogens is 2. The van der Waals surface area contributed by atoms with Gasteiger partial charge in [-0.15, -0.1) is 10.2 Å². The van der Waals surface area contributed by atoms with E-state index in [9.17, 15) is 9.90 Å². The third-order valence-corrected chi connectivity index (χ3v) is 5.73. The Hall–Kier alpha value is -2.28. The lowest BCUT2D eigenvalue weighted by Crippen LogP contribution is -2.42. The third kappa shape index (κ3) is 3.68. The van der Waals surface area contributed by atoms with E-state index >= 15 is 0 Å². The molecule has 1 atom stereocenters. The number of anilines is 1. The molecular formula is C21H28N4O3. The van der Waals surface area contributed by atoms with Gasteiger partial charge in [0.15, 0.2) is 5.82 Å². The number of aliphatic imine (C=N–C) groups is 1. The first-order valence-electron chi connectivity index (χ1n) is 10.1. The molecule has 4 rings (SSSR count). The van der Waals surface area contributed by atoms with Crippen LogP contribution in [0, 0.1) is 5.92 Å². The van der Waals surface area contributed by atoms with Crippen LogP contribution in [0.1, 0.15) is 46.5 Å². The SMILES string of the molecule is CC(C)Oc1ccc(N2CCC(C3=NCC4=C3C(C)(O)CC(=O)C4)CC2)nn1. The molecule has 0 radical (unpaired) electrons. The predicted molar refractivity (Wildman–Crippen MR) is 107 cm³/mol. The van der Waals surface area contributed by atoms with Crippen molar-refractivity contribution in [3.8, 4) is 5.88 Å². The molecule has 2 aliphatic heterocycles. The highest BCUT2D eigenvalue weighted by Crippen LogP contribution is 2.40. The average Bonchev–Trinajstić information content (AvgIpc) is 3.06. The van der Waals surface area contributed by atoms with E-state index in [1.54, 1.807) is 6.92 Å². The number of carbonyl (C=O) groups is 1. The van der Waals surface area contributed by atoms with Crippen LogP contribution in [0.15, 0.2) is 28.3 Å². The highest BCUT2D eigenvalue weighted by molar-refractivity contribution is 6.08. The molecule has 0 amide bonds. The minimum atomic E-state index is -1.07. The highest BCUT2D eigenvalue weighted by Gasteiger charge is 2.43. The molecule has 1 unspecified atom stereocenters. The Morgan fingerprint density at radius 3 is 2.64 bits per heavy atom. The number of ketones is 1. The van der Waals surface area contributed by atoms with Crippen molar-refractivity contribution < 1.29 is 14.6 Å². The molecule has 1 aliphatic carbocycles. The van der Waals surface area contributed by atoms with Crippen LogP contribution in [-0.4, -0.2) is 58.1 Å². The molecule has 1 saturated heterocycles. The van der Waals surface area contributed by atoms with Gasteiger partial charge in [-0.2, -0.15) is 0 Å². The third-order valence-electron chi connectivity index (χ3n) is 5.73. The first kappa shape index (κ1) is 19.1. The Bertz CT molecular complexity index is 819. The van der Waals surface area contributed by atoms with Crippen LogP contribution < -0.4 is 9.64 Å². The molecule has 0 bridgehead atoms. The Labute approximate surface area is 165 Å². The lowest BCUT2D eigenvalue weighted by Gasteiger charge is -2.36. The van der Waals surface area contributed by atoms with Crippen molar-refractivity contribution in [1.82, 2.24) is 10.2 Å². The van der Waals surface area contributed by atoms with Crippen LogP contribution in [0.2, 0.25) is 0 Å². The van der Waals surface area contributed by atoms with E-state index < -0.39 is 5.60 Å². The number of hydrogen-bond donors (Lipinski definition) is 1. The van der Waals surface area contributed by atoms with Crippen LogP contribution in [0.25, 0.3) is 0 Å². The van der Waals surface area contributed by atoms with Gasteiger partial charge in [0, 0.05) is 49.2 Å². The van der Waals surface area contributed by atoms with E-state index in [1.807, 2.05) is 26.0 Å². The van der Waals surface area contributed by atoms with Gasteiger partial charge in [-0.3, -0.25) is 9.79 Å². The number of Topliss-reactive ketones (excluding diaryl/α,β-unsaturated/α-hetero) is 1. The fourth-order valence-electron chi connectivity index (χ4n) is 4.59. The van der Waals surface area contributed by atoms with Crippen LogP contribution >= 0.6 is 0 Å². The summed E-state index contributed by atoms with van der Waals surface area (Å²) < 4.78 is 5.56. The van der Waals surface area contributed by atoms with E-state index in [4.69, 9.17) is 9.73 Å². The van der Waals surface area contributed by atoms with E-state index in [0.717, 1.165) is 48.6 Å². The molecule has 0 spiro atoms. The average molecular weight is 384 g/mol. The van der Waals surface area contributed by atoms with Crippen LogP contribution in [-0.2, 0) is 4.79 Å². The Morgan fingerprint density at radius 2 is 2.00 bits per heavy atom. The van der Waals surface area contributed by atoms with Crippen molar-refractivity contribution in [3.05, 3.63) is 23.3 Å². The minimum Gasteiger partial charge on any atom is -0.474 e. The van der Waals surface area contributed by atoms with Crippen molar-refractivity contribution in [2.24, 2.45) is 10.9 Å². The second-order valence-electron chi connectivity index (χ2n) is 8.50. The molecular weight excluding hydrogens is 356 g/mol. The summed E-state index contributed by atoms with van der Waals surface area (Å²) in [4.78, 5) is 18.9. The summed E-state index contributed by atoms with van der Waals surface area (Å²) in [5.74, 6) is 1.83. The standard InChI is InChI=1S/C21H28N4O3/c1-13(2)28-18-5-4-17(23-24-18)25-8-6-14(7-9-25)20-19-15(12-22-20)10-16(26)11-21(19,3)27/h4-5,13-14,27H,6-12H2,1-3H3. The summed E-state index contributed by atoms with van der Waals surface area (Å²) in [6.45, 7) is 7.99. The predicted octanol–water partition coefficient (Wildman–Crippen LogP) is 2.35. The maximum Gasteiger partial charge on any atom is 0.233 e. The molecule has 1 N–H and O–H groups in total. The van der Waals surface area contributed by atoms with Crippen molar-refractivity contribution >= 4 is 17.3 Å². The quantitative estimate of drug-likeness (QED) is 0.857. The normalized spacial score (nSPS) is 26.0. The number of aliphatic hydroxyl groups is 1. The molecule has 3 heterocycles. The molecule has 0 saturated carbocycles. The first-order chi connectivity index (χ1) is 13.3. The van der Waals surface area contributed by atoms with Gasteiger partial charge < -0.3 is 14.7 Å². The van der Waals surface area contributed by atoms with Gasteiger partial charge in [0.05, 0.1) is 18.2 Å². The van der Waals surface area contributed by atoms with Gasteiger partial charge >= 0.3 is 0 Å². The first-order valence-corrected chi connectivity index (χ1v) is 10.1. The van der Waals surface area contributed by atoms with Gasteiger partial charge in [0.2, 0.25) is 5.88 Å². The van der Waals surface area contributed by atoms with Gasteiger partial charge in [-0.05, 0) is 45.3 Å². The highest BCUT2D eigenvalue weighted by atomic mass is 16.5. The van der Waals surface area contributed by atoms with Crippen molar-refractivity contribution in [3.63, 3.8) is 0 Å². The summed E-state index contributed by atoms with van der Waals surface area (Å²) >= 11 is 0. The second-order valence-corrected chi connectivity index (χ2v) is 8.50. The zero-order chi connectivity index (χ0) is 19.9. The maximum atomic E-state index is 11.9. The fourth-order valence-corrected chi connectivity index (χ4v) is 4.59. The van der Waals surface area contributed by atoms with E-state index in [2.05, 4.69) is 15.1 Å². The zero-order valence-electron chi connectivity index (χ0n) is 16.8. The molecule has 1 fully saturated rings. The number of carbonyl (C=O) groups excluding carboxylic acids is 1. The molecule has 28 heavy (non-hydrogen) atoms. The maximum absolute atomic E-state index is 11.9. The lowest BCUT2D eigenvalue weighted by atomic mass is 9.74.